The molecule has 0 heterocycles. The van der Waals surface area contributed by atoms with E-state index in [0.29, 0.717) is 11.1 Å². The number of benzene rings is 2. The lowest BCUT2D eigenvalue weighted by molar-refractivity contribution is -0.184. The van der Waals surface area contributed by atoms with Gasteiger partial charge in [-0.3, -0.25) is 9.59 Å². The van der Waals surface area contributed by atoms with Crippen LogP contribution in [0.15, 0.2) is 60.7 Å². The molecule has 0 saturated heterocycles. The Morgan fingerprint density at radius 2 is 1.49 bits per heavy atom. The minimum Gasteiger partial charge on any atom is -0.480 e. The van der Waals surface area contributed by atoms with Gasteiger partial charge in [0.1, 0.15) is 24.6 Å². The van der Waals surface area contributed by atoms with Crippen LogP contribution in [0.2, 0.25) is 0 Å². The number of aliphatic carboxylic acids is 1. The van der Waals surface area contributed by atoms with Gasteiger partial charge in [0.15, 0.2) is 0 Å². The second-order valence-corrected chi connectivity index (χ2v) is 8.41. The largest absolute Gasteiger partial charge is 0.480 e. The Kier molecular flexibility index (Phi) is 10.3. The molecule has 2 rings (SSSR count). The molecule has 1 amide bonds. The average molecular weight is 495 g/mol. The van der Waals surface area contributed by atoms with Crippen LogP contribution < -0.4 is 10.6 Å². The van der Waals surface area contributed by atoms with Gasteiger partial charge in [-0.2, -0.15) is 13.2 Å². The third kappa shape index (κ3) is 9.05. The van der Waals surface area contributed by atoms with Gasteiger partial charge in [0.25, 0.3) is 0 Å². The van der Waals surface area contributed by atoms with E-state index in [-0.39, 0.29) is 13.0 Å². The molecule has 0 aliphatic rings. The number of halogens is 3. The quantitative estimate of drug-likeness (QED) is 0.391. The number of nitrogens with one attached hydrogen (secondary N) is 2. The lowest BCUT2D eigenvalue weighted by Crippen LogP contribution is -2.53. The Labute approximate surface area is 201 Å². The monoisotopic (exact) mass is 494 g/mol. The summed E-state index contributed by atoms with van der Waals surface area (Å²) in [5, 5.41) is 13.9. The van der Waals surface area contributed by atoms with Gasteiger partial charge in [-0.05, 0) is 17.0 Å². The summed E-state index contributed by atoms with van der Waals surface area (Å²) in [4.78, 5) is 36.6. The van der Waals surface area contributed by atoms with Gasteiger partial charge in [-0.1, -0.05) is 74.5 Å². The molecule has 0 radical (unpaired) electrons. The molecule has 0 fully saturated rings. The SMILES string of the molecule is CC(C)[C@H](NC[C@H](C(=O)N[C@@H](Cc1ccccc1)C(=O)O)C(F)(F)F)C(=O)OCc1ccccc1. The molecular formula is C25H29F3N2O5. The highest BCUT2D eigenvalue weighted by atomic mass is 19.4. The molecule has 0 spiro atoms. The van der Waals surface area contributed by atoms with Crippen molar-refractivity contribution in [1.29, 1.82) is 0 Å². The Hall–Kier alpha value is -3.40. The molecule has 0 unspecified atom stereocenters. The number of amides is 1. The number of carboxylic acids is 1. The predicted molar refractivity (Wildman–Crippen MR) is 122 cm³/mol. The normalized spacial score (nSPS) is 14.1. The summed E-state index contributed by atoms with van der Waals surface area (Å²) in [7, 11) is 0. The summed E-state index contributed by atoms with van der Waals surface area (Å²) in [6.45, 7) is 2.29. The van der Waals surface area contributed by atoms with Crippen molar-refractivity contribution >= 4 is 17.8 Å². The van der Waals surface area contributed by atoms with Gasteiger partial charge in [0.05, 0.1) is 0 Å². The first-order valence-corrected chi connectivity index (χ1v) is 11.1. The summed E-state index contributed by atoms with van der Waals surface area (Å²) in [5.74, 6) is -6.70. The van der Waals surface area contributed by atoms with Crippen molar-refractivity contribution in [2.75, 3.05) is 6.54 Å². The minimum absolute atomic E-state index is 0.0481. The zero-order chi connectivity index (χ0) is 26.0. The molecule has 0 aromatic heterocycles. The van der Waals surface area contributed by atoms with Crippen LogP contribution in [0.5, 0.6) is 0 Å². The molecule has 2 aromatic rings. The number of carbonyl (C=O) groups is 3. The fourth-order valence-corrected chi connectivity index (χ4v) is 3.33. The Balaban J connectivity index is 2.05. The number of carboxylic acid groups (broad SMARTS) is 1. The second-order valence-electron chi connectivity index (χ2n) is 8.41. The van der Waals surface area contributed by atoms with Crippen molar-refractivity contribution < 1.29 is 37.4 Å². The van der Waals surface area contributed by atoms with E-state index in [9.17, 15) is 32.7 Å². The van der Waals surface area contributed by atoms with Crippen molar-refractivity contribution in [2.45, 2.75) is 45.1 Å². The fourth-order valence-electron chi connectivity index (χ4n) is 3.33. The van der Waals surface area contributed by atoms with E-state index < -0.39 is 54.5 Å². The van der Waals surface area contributed by atoms with Crippen molar-refractivity contribution in [1.82, 2.24) is 10.6 Å². The van der Waals surface area contributed by atoms with E-state index >= 15 is 0 Å². The van der Waals surface area contributed by atoms with E-state index in [2.05, 4.69) is 5.32 Å². The summed E-state index contributed by atoms with van der Waals surface area (Å²) in [6.07, 6.45) is -5.15. The minimum atomic E-state index is -4.97. The van der Waals surface area contributed by atoms with Gasteiger partial charge in [-0.15, -0.1) is 0 Å². The molecule has 190 valence electrons. The topological polar surface area (TPSA) is 105 Å². The van der Waals surface area contributed by atoms with Crippen LogP contribution in [0, 0.1) is 11.8 Å². The van der Waals surface area contributed by atoms with Crippen molar-refractivity contribution in [3.63, 3.8) is 0 Å². The first-order valence-electron chi connectivity index (χ1n) is 11.1. The molecule has 3 N–H and O–H groups in total. The van der Waals surface area contributed by atoms with Gasteiger partial charge in [-0.25, -0.2) is 4.79 Å². The third-order valence-corrected chi connectivity index (χ3v) is 5.30. The molecule has 3 atom stereocenters. The summed E-state index contributed by atoms with van der Waals surface area (Å²) in [6, 6.07) is 14.4. The molecule has 0 bridgehead atoms. The Morgan fingerprint density at radius 3 is 1.97 bits per heavy atom. The molecule has 10 heteroatoms. The highest BCUT2D eigenvalue weighted by Crippen LogP contribution is 2.26. The first-order chi connectivity index (χ1) is 16.5. The fraction of sp³-hybridized carbons (Fsp3) is 0.400. The van der Waals surface area contributed by atoms with Crippen molar-refractivity contribution in [3.8, 4) is 0 Å². The predicted octanol–water partition coefficient (Wildman–Crippen LogP) is 3.33. The van der Waals surface area contributed by atoms with Crippen molar-refractivity contribution in [2.24, 2.45) is 11.8 Å². The molecule has 7 nitrogen and oxygen atoms in total. The van der Waals surface area contributed by atoms with Gasteiger partial charge in [0.2, 0.25) is 5.91 Å². The number of rotatable bonds is 12. The van der Waals surface area contributed by atoms with Gasteiger partial charge in [0, 0.05) is 13.0 Å². The highest BCUT2D eigenvalue weighted by Gasteiger charge is 2.46. The zero-order valence-electron chi connectivity index (χ0n) is 19.4. The third-order valence-electron chi connectivity index (χ3n) is 5.30. The van der Waals surface area contributed by atoms with E-state index in [1.54, 1.807) is 74.5 Å². The Bertz CT molecular complexity index is 968. The molecule has 2 aromatic carbocycles. The maximum absolute atomic E-state index is 13.7. The number of esters is 1. The first kappa shape index (κ1) is 27.8. The summed E-state index contributed by atoms with van der Waals surface area (Å²) in [5.41, 5.74) is 1.26. The number of alkyl halides is 3. The maximum Gasteiger partial charge on any atom is 0.401 e. The Morgan fingerprint density at radius 1 is 0.943 bits per heavy atom. The standard InChI is InChI=1S/C25H29F3N2O5/c1-16(2)21(24(34)35-15-18-11-7-4-8-12-18)29-14-19(25(26,27)28)22(31)30-20(23(32)33)13-17-9-5-3-6-10-17/h3-12,16,19-21,29H,13-15H2,1-2H3,(H,30,31)(H,32,33)/t19-,20+,21+/m1/s1. The number of ether oxygens (including phenoxy) is 1. The number of hydrogen-bond donors (Lipinski definition) is 3. The van der Waals surface area contributed by atoms with Gasteiger partial charge >= 0.3 is 18.1 Å². The van der Waals surface area contributed by atoms with E-state index in [1.165, 1.54) is 0 Å². The maximum atomic E-state index is 13.7. The van der Waals surface area contributed by atoms with Crippen LogP contribution in [0.1, 0.15) is 25.0 Å². The molecule has 0 aliphatic carbocycles. The summed E-state index contributed by atoms with van der Waals surface area (Å²) >= 11 is 0. The smallest absolute Gasteiger partial charge is 0.401 e. The zero-order valence-corrected chi connectivity index (χ0v) is 19.4. The second kappa shape index (κ2) is 12.9. The molecule has 0 aliphatic heterocycles. The van der Waals surface area contributed by atoms with Crippen LogP contribution in [-0.4, -0.2) is 47.8 Å². The van der Waals surface area contributed by atoms with Crippen molar-refractivity contribution in [3.05, 3.63) is 71.8 Å². The van der Waals surface area contributed by atoms with E-state index in [4.69, 9.17) is 4.74 Å². The van der Waals surface area contributed by atoms with Crippen LogP contribution in [0.25, 0.3) is 0 Å². The van der Waals surface area contributed by atoms with Crippen LogP contribution >= 0.6 is 0 Å². The van der Waals surface area contributed by atoms with Gasteiger partial charge < -0.3 is 20.5 Å². The van der Waals surface area contributed by atoms with Crippen LogP contribution in [0.3, 0.4) is 0 Å². The lowest BCUT2D eigenvalue weighted by atomic mass is 10.0. The van der Waals surface area contributed by atoms with E-state index in [0.717, 1.165) is 0 Å². The molecular weight excluding hydrogens is 465 g/mol. The van der Waals surface area contributed by atoms with Crippen LogP contribution in [0.4, 0.5) is 13.2 Å². The number of hydrogen-bond acceptors (Lipinski definition) is 5. The van der Waals surface area contributed by atoms with E-state index in [1.807, 2.05) is 5.32 Å². The molecule has 0 saturated carbocycles. The highest BCUT2D eigenvalue weighted by molar-refractivity contribution is 5.86. The molecule has 35 heavy (non-hydrogen) atoms. The van der Waals surface area contributed by atoms with Crippen LogP contribution in [-0.2, 0) is 32.1 Å². The number of carbonyl (C=O) groups excluding carboxylic acids is 2. The summed E-state index contributed by atoms with van der Waals surface area (Å²) < 4.78 is 46.4. The average Bonchev–Trinajstić information content (AvgIpc) is 2.80. The lowest BCUT2D eigenvalue weighted by Gasteiger charge is -2.26.